The minimum Gasteiger partial charge on any atom is -0.494 e. The fourth-order valence-corrected chi connectivity index (χ4v) is 3.11. The maximum absolute atomic E-state index is 12.9. The fourth-order valence-electron chi connectivity index (χ4n) is 3.11. The Labute approximate surface area is 166 Å². The normalized spacial score (nSPS) is 15.6. The van der Waals surface area contributed by atoms with Crippen molar-refractivity contribution in [1.82, 2.24) is 4.90 Å². The molecular weight excluding hydrogens is 358 g/mol. The van der Waals surface area contributed by atoms with Crippen LogP contribution in [-0.2, 0) is 4.79 Å². The first-order valence-corrected chi connectivity index (χ1v) is 9.45. The Kier molecular flexibility index (Phi) is 5.97. The summed E-state index contributed by atoms with van der Waals surface area (Å²) in [6, 6.07) is 14.8. The Morgan fingerprint density at radius 1 is 1.11 bits per heavy atom. The molecule has 0 bridgehead atoms. The van der Waals surface area contributed by atoms with Crippen LogP contribution in [0.25, 0.3) is 0 Å². The Bertz CT molecular complexity index is 803. The molecule has 28 heavy (non-hydrogen) atoms. The van der Waals surface area contributed by atoms with Crippen LogP contribution in [0, 0.1) is 0 Å². The quantitative estimate of drug-likeness (QED) is 0.730. The lowest BCUT2D eigenvalue weighted by Gasteiger charge is -2.33. The Morgan fingerprint density at radius 3 is 2.43 bits per heavy atom. The average molecular weight is 385 g/mol. The van der Waals surface area contributed by atoms with Crippen LogP contribution < -0.4 is 18.9 Å². The number of fused-ring (bicyclic) bond motifs is 1. The lowest BCUT2D eigenvalue weighted by Crippen LogP contribution is -2.51. The standard InChI is InChI=1S/C22H27NO5/c1-5-25-16-10-12-17(13-11-16)28-22(2,3)21(24)23(4)14-18-15-26-19-8-6-7-9-20(19)27-18/h6-13,18H,5,14-15H2,1-4H3/t18-/m0/s1. The number of para-hydroxylation sites is 2. The molecular formula is C22H27NO5. The molecule has 0 radical (unpaired) electrons. The van der Waals surface area contributed by atoms with Gasteiger partial charge in [-0.1, -0.05) is 12.1 Å². The van der Waals surface area contributed by atoms with Crippen molar-refractivity contribution in [3.8, 4) is 23.0 Å². The summed E-state index contributed by atoms with van der Waals surface area (Å²) in [4.78, 5) is 14.6. The summed E-state index contributed by atoms with van der Waals surface area (Å²) in [5.41, 5.74) is -1.02. The molecule has 0 N–H and O–H groups in total. The summed E-state index contributed by atoms with van der Waals surface area (Å²) in [5, 5.41) is 0. The van der Waals surface area contributed by atoms with Gasteiger partial charge >= 0.3 is 0 Å². The van der Waals surface area contributed by atoms with Gasteiger partial charge in [0.05, 0.1) is 13.2 Å². The first-order valence-electron chi connectivity index (χ1n) is 9.45. The van der Waals surface area contributed by atoms with E-state index in [0.717, 1.165) is 11.5 Å². The van der Waals surface area contributed by atoms with E-state index in [1.807, 2.05) is 43.3 Å². The van der Waals surface area contributed by atoms with Crippen LogP contribution in [0.1, 0.15) is 20.8 Å². The number of carbonyl (C=O) groups is 1. The van der Waals surface area contributed by atoms with Gasteiger partial charge in [-0.05, 0) is 57.2 Å². The molecule has 3 rings (SSSR count). The van der Waals surface area contributed by atoms with Crippen molar-refractivity contribution in [3.63, 3.8) is 0 Å². The number of likely N-dealkylation sites (N-methyl/N-ethyl adjacent to an activating group) is 1. The number of nitrogens with zero attached hydrogens (tertiary/aromatic N) is 1. The van der Waals surface area contributed by atoms with Crippen LogP contribution in [0.15, 0.2) is 48.5 Å². The van der Waals surface area contributed by atoms with Crippen LogP contribution in [0.5, 0.6) is 23.0 Å². The number of amides is 1. The minimum absolute atomic E-state index is 0.135. The van der Waals surface area contributed by atoms with Crippen molar-refractivity contribution in [2.24, 2.45) is 0 Å². The third kappa shape index (κ3) is 4.68. The summed E-state index contributed by atoms with van der Waals surface area (Å²) in [5.74, 6) is 2.67. The van der Waals surface area contributed by atoms with Crippen molar-refractivity contribution < 1.29 is 23.7 Å². The van der Waals surface area contributed by atoms with Crippen molar-refractivity contribution in [3.05, 3.63) is 48.5 Å². The highest BCUT2D eigenvalue weighted by Crippen LogP contribution is 2.31. The zero-order valence-corrected chi connectivity index (χ0v) is 16.8. The molecule has 0 aliphatic carbocycles. The van der Waals surface area contributed by atoms with E-state index in [1.165, 1.54) is 0 Å². The molecule has 0 fully saturated rings. The summed E-state index contributed by atoms with van der Waals surface area (Å²) in [6.07, 6.45) is -0.231. The summed E-state index contributed by atoms with van der Waals surface area (Å²) < 4.78 is 23.0. The molecule has 1 amide bonds. The fraction of sp³-hybridized carbons (Fsp3) is 0.409. The van der Waals surface area contributed by atoms with Gasteiger partial charge in [0.2, 0.25) is 0 Å². The maximum Gasteiger partial charge on any atom is 0.266 e. The van der Waals surface area contributed by atoms with Crippen molar-refractivity contribution in [2.45, 2.75) is 32.5 Å². The van der Waals surface area contributed by atoms with Crippen molar-refractivity contribution in [1.29, 1.82) is 0 Å². The number of benzene rings is 2. The average Bonchev–Trinajstić information content (AvgIpc) is 2.68. The molecule has 0 unspecified atom stereocenters. The van der Waals surface area contributed by atoms with Gasteiger partial charge in [-0.3, -0.25) is 4.79 Å². The van der Waals surface area contributed by atoms with Gasteiger partial charge in [0.1, 0.15) is 18.1 Å². The summed E-state index contributed by atoms with van der Waals surface area (Å²) >= 11 is 0. The van der Waals surface area contributed by atoms with Crippen LogP contribution >= 0.6 is 0 Å². The Hall–Kier alpha value is -2.89. The smallest absolute Gasteiger partial charge is 0.266 e. The lowest BCUT2D eigenvalue weighted by atomic mass is 10.1. The number of hydrogen-bond donors (Lipinski definition) is 0. The van der Waals surface area contributed by atoms with E-state index in [0.29, 0.717) is 31.3 Å². The summed E-state index contributed by atoms with van der Waals surface area (Å²) in [6.45, 7) is 6.86. The minimum atomic E-state index is -1.02. The molecule has 1 heterocycles. The molecule has 0 saturated heterocycles. The van der Waals surface area contributed by atoms with Gasteiger partial charge in [0, 0.05) is 7.05 Å². The molecule has 0 saturated carbocycles. The molecule has 2 aromatic rings. The van der Waals surface area contributed by atoms with Crippen LogP contribution in [-0.4, -0.2) is 49.3 Å². The SMILES string of the molecule is CCOc1ccc(OC(C)(C)C(=O)N(C)C[C@H]2COc3ccccc3O2)cc1. The monoisotopic (exact) mass is 385 g/mol. The number of hydrogen-bond acceptors (Lipinski definition) is 5. The molecule has 1 aliphatic rings. The maximum atomic E-state index is 12.9. The molecule has 150 valence electrons. The van der Waals surface area contributed by atoms with E-state index >= 15 is 0 Å². The second kappa shape index (κ2) is 8.42. The van der Waals surface area contributed by atoms with Gasteiger partial charge in [0.25, 0.3) is 5.91 Å². The number of carbonyl (C=O) groups excluding carboxylic acids is 1. The second-order valence-electron chi connectivity index (χ2n) is 7.20. The topological polar surface area (TPSA) is 57.2 Å². The van der Waals surface area contributed by atoms with Gasteiger partial charge in [-0.2, -0.15) is 0 Å². The zero-order chi connectivity index (χ0) is 20.1. The molecule has 1 aliphatic heterocycles. The molecule has 6 nitrogen and oxygen atoms in total. The van der Waals surface area contributed by atoms with Gasteiger partial charge in [0.15, 0.2) is 23.2 Å². The predicted octanol–water partition coefficient (Wildman–Crippen LogP) is 3.54. The van der Waals surface area contributed by atoms with E-state index in [2.05, 4.69) is 0 Å². The van der Waals surface area contributed by atoms with Crippen LogP contribution in [0.2, 0.25) is 0 Å². The molecule has 0 spiro atoms. The molecule has 2 aromatic carbocycles. The van der Waals surface area contributed by atoms with Crippen LogP contribution in [0.4, 0.5) is 0 Å². The van der Waals surface area contributed by atoms with E-state index < -0.39 is 5.60 Å². The Balaban J connectivity index is 1.58. The molecule has 1 atom stereocenters. The molecule has 0 aromatic heterocycles. The van der Waals surface area contributed by atoms with Gasteiger partial charge in [-0.25, -0.2) is 0 Å². The largest absolute Gasteiger partial charge is 0.494 e. The van der Waals surface area contributed by atoms with E-state index in [-0.39, 0.29) is 12.0 Å². The number of rotatable bonds is 7. The zero-order valence-electron chi connectivity index (χ0n) is 16.8. The van der Waals surface area contributed by atoms with Gasteiger partial charge < -0.3 is 23.8 Å². The van der Waals surface area contributed by atoms with Crippen molar-refractivity contribution >= 4 is 5.91 Å². The first kappa shape index (κ1) is 19.9. The second-order valence-corrected chi connectivity index (χ2v) is 7.20. The van der Waals surface area contributed by atoms with Crippen molar-refractivity contribution in [2.75, 3.05) is 26.8 Å². The summed E-state index contributed by atoms with van der Waals surface area (Å²) in [7, 11) is 1.75. The third-order valence-corrected chi connectivity index (χ3v) is 4.41. The molecule has 6 heteroatoms. The predicted molar refractivity (Wildman–Crippen MR) is 106 cm³/mol. The van der Waals surface area contributed by atoms with E-state index in [9.17, 15) is 4.79 Å². The Morgan fingerprint density at radius 2 is 1.75 bits per heavy atom. The highest BCUT2D eigenvalue weighted by atomic mass is 16.6. The van der Waals surface area contributed by atoms with E-state index in [1.54, 1.807) is 37.9 Å². The number of ether oxygens (including phenoxy) is 4. The van der Waals surface area contributed by atoms with E-state index in [4.69, 9.17) is 18.9 Å². The third-order valence-electron chi connectivity index (χ3n) is 4.41. The highest BCUT2D eigenvalue weighted by molar-refractivity contribution is 5.84. The van der Waals surface area contributed by atoms with Crippen LogP contribution in [0.3, 0.4) is 0 Å². The van der Waals surface area contributed by atoms with Gasteiger partial charge in [-0.15, -0.1) is 0 Å². The first-order chi connectivity index (χ1) is 13.4. The highest BCUT2D eigenvalue weighted by Gasteiger charge is 2.34. The lowest BCUT2D eigenvalue weighted by molar-refractivity contribution is -0.145.